The van der Waals surface area contributed by atoms with Gasteiger partial charge in [-0.1, -0.05) is 253 Å². The number of hydrogen-bond acceptors (Lipinski definition) is 8. The van der Waals surface area contributed by atoms with E-state index in [0.717, 1.165) is 77.0 Å². The first-order valence-corrected chi connectivity index (χ1v) is 31.7. The molecule has 9 nitrogen and oxygen atoms in total. The lowest BCUT2D eigenvalue weighted by Crippen LogP contribution is -2.44. The monoisotopic (exact) mass is 1080 g/mol. The zero-order chi connectivity index (χ0) is 56.2. The van der Waals surface area contributed by atoms with E-state index < -0.39 is 24.3 Å². The molecule has 2 unspecified atom stereocenters. The molecule has 77 heavy (non-hydrogen) atoms. The van der Waals surface area contributed by atoms with Gasteiger partial charge < -0.3 is 33.3 Å². The molecule has 0 aliphatic carbocycles. The Hall–Kier alpha value is -3.53. The number of hydrogen-bond donors (Lipinski definition) is 0. The quantitative estimate of drug-likeness (QED) is 0.0195. The highest BCUT2D eigenvalue weighted by molar-refractivity contribution is 5.70. The van der Waals surface area contributed by atoms with Gasteiger partial charge in [0.1, 0.15) is 13.2 Å². The first kappa shape index (κ1) is 73.5. The predicted molar refractivity (Wildman–Crippen MR) is 324 cm³/mol. The summed E-state index contributed by atoms with van der Waals surface area (Å²) in [4.78, 5) is 37.4. The van der Waals surface area contributed by atoms with E-state index in [1.807, 2.05) is 21.1 Å². The van der Waals surface area contributed by atoms with Gasteiger partial charge in [-0.3, -0.25) is 9.59 Å². The van der Waals surface area contributed by atoms with E-state index in [-0.39, 0.29) is 38.6 Å². The summed E-state index contributed by atoms with van der Waals surface area (Å²) < 4.78 is 22.8. The largest absolute Gasteiger partial charge is 0.545 e. The van der Waals surface area contributed by atoms with E-state index in [2.05, 4.69) is 98.9 Å². The van der Waals surface area contributed by atoms with Crippen LogP contribution in [0.1, 0.15) is 271 Å². The summed E-state index contributed by atoms with van der Waals surface area (Å²) in [5.74, 6) is -2.28. The maximum absolute atomic E-state index is 12.9. The Morgan fingerprint density at radius 2 is 0.740 bits per heavy atom. The Bertz CT molecular complexity index is 1540. The second-order valence-electron chi connectivity index (χ2n) is 22.3. The highest BCUT2D eigenvalue weighted by Gasteiger charge is 2.22. The van der Waals surface area contributed by atoms with Crippen molar-refractivity contribution in [1.82, 2.24) is 0 Å². The zero-order valence-corrected chi connectivity index (χ0v) is 50.6. The molecule has 0 saturated carbocycles. The molecule has 0 aliphatic heterocycles. The molecular formula is C68H119NO8. The number of rotatable bonds is 58. The third-order valence-electron chi connectivity index (χ3n) is 13.6. The van der Waals surface area contributed by atoms with Crippen LogP contribution in [-0.4, -0.2) is 82.3 Å². The summed E-state index contributed by atoms with van der Waals surface area (Å²) in [5.41, 5.74) is 0. The van der Waals surface area contributed by atoms with Gasteiger partial charge in [0, 0.05) is 12.8 Å². The Labute approximate surface area is 474 Å². The predicted octanol–water partition coefficient (Wildman–Crippen LogP) is 17.8. The number of likely N-dealkylation sites (N-methyl/N-ethyl adjacent to an activating group) is 1. The number of allylic oxidation sites excluding steroid dienone is 14. The van der Waals surface area contributed by atoms with Gasteiger partial charge >= 0.3 is 11.9 Å². The summed E-state index contributed by atoms with van der Waals surface area (Å²) in [5, 5.41) is 11.8. The van der Waals surface area contributed by atoms with Crippen LogP contribution in [0, 0.1) is 0 Å². The van der Waals surface area contributed by atoms with E-state index in [0.29, 0.717) is 17.4 Å². The number of carboxylic acid groups (broad SMARTS) is 1. The molecule has 0 aromatic heterocycles. The van der Waals surface area contributed by atoms with Crippen molar-refractivity contribution < 1.29 is 42.9 Å². The highest BCUT2D eigenvalue weighted by atomic mass is 16.7. The normalized spacial score (nSPS) is 13.3. The maximum Gasteiger partial charge on any atom is 0.306 e. The Kier molecular flexibility index (Phi) is 55.9. The molecule has 9 heteroatoms. The third-order valence-corrected chi connectivity index (χ3v) is 13.6. The van der Waals surface area contributed by atoms with Crippen LogP contribution >= 0.6 is 0 Å². The minimum absolute atomic E-state index is 0.144. The van der Waals surface area contributed by atoms with Crippen molar-refractivity contribution in [1.29, 1.82) is 0 Å². The van der Waals surface area contributed by atoms with Crippen LogP contribution in [0.25, 0.3) is 0 Å². The van der Waals surface area contributed by atoms with Crippen LogP contribution in [0.4, 0.5) is 0 Å². The number of carboxylic acids is 1. The number of quaternary nitrogens is 1. The molecule has 0 rings (SSSR count). The van der Waals surface area contributed by atoms with E-state index in [1.54, 1.807) is 0 Å². The second kappa shape index (κ2) is 58.6. The standard InChI is InChI=1S/C68H119NO8/c1-6-8-10-12-14-16-18-20-22-24-26-28-30-32-33-35-37-39-41-43-45-47-49-51-53-55-57-59-66(71)77-64(63-76-68(67(72)73)74-61-60-69(3,4)5)62-75-65(70)58-56-54-52-50-48-46-44-42-40-38-36-34-31-29-27-25-23-21-19-17-15-13-11-9-7-2/h8,10,14,16,19-22,25-28,31,34,64,68H,6-7,9,11-13,15,17-18,23-24,29-30,32-33,35-63H2,1-5H3/b10-8-,16-14-,21-19-,22-20-,27-25-,28-26-,34-31-. The van der Waals surface area contributed by atoms with Gasteiger partial charge in [-0.15, -0.1) is 0 Å². The average molecular weight is 1080 g/mol. The zero-order valence-electron chi connectivity index (χ0n) is 50.6. The van der Waals surface area contributed by atoms with Gasteiger partial charge in [-0.25, -0.2) is 0 Å². The van der Waals surface area contributed by atoms with Crippen molar-refractivity contribution in [2.24, 2.45) is 0 Å². The highest BCUT2D eigenvalue weighted by Crippen LogP contribution is 2.16. The van der Waals surface area contributed by atoms with Crippen molar-refractivity contribution in [3.8, 4) is 0 Å². The molecule has 0 aromatic carbocycles. The molecule has 0 fully saturated rings. The topological polar surface area (TPSA) is 111 Å². The van der Waals surface area contributed by atoms with Crippen LogP contribution < -0.4 is 5.11 Å². The molecule has 0 heterocycles. The smallest absolute Gasteiger partial charge is 0.306 e. The molecule has 0 radical (unpaired) electrons. The fourth-order valence-corrected chi connectivity index (χ4v) is 8.77. The first-order chi connectivity index (χ1) is 37.6. The summed E-state index contributed by atoms with van der Waals surface area (Å²) in [6.07, 6.45) is 74.9. The summed E-state index contributed by atoms with van der Waals surface area (Å²) in [6, 6.07) is 0. The lowest BCUT2D eigenvalue weighted by molar-refractivity contribution is -0.870. The minimum atomic E-state index is -1.63. The lowest BCUT2D eigenvalue weighted by atomic mass is 10.0. The van der Waals surface area contributed by atoms with Crippen LogP contribution in [-0.2, 0) is 33.3 Å². The molecule has 0 saturated heterocycles. The van der Waals surface area contributed by atoms with Gasteiger partial charge in [-0.2, -0.15) is 0 Å². The molecule has 0 aliphatic rings. The fourth-order valence-electron chi connectivity index (χ4n) is 8.77. The van der Waals surface area contributed by atoms with Gasteiger partial charge in [0.2, 0.25) is 0 Å². The van der Waals surface area contributed by atoms with E-state index in [9.17, 15) is 19.5 Å². The maximum atomic E-state index is 12.9. The number of esters is 2. The van der Waals surface area contributed by atoms with Gasteiger partial charge in [0.05, 0.1) is 40.3 Å². The minimum Gasteiger partial charge on any atom is -0.545 e. The van der Waals surface area contributed by atoms with Crippen LogP contribution in [0.5, 0.6) is 0 Å². The van der Waals surface area contributed by atoms with Crippen LogP contribution in [0.3, 0.4) is 0 Å². The molecule has 0 aromatic rings. The molecule has 0 N–H and O–H groups in total. The van der Waals surface area contributed by atoms with Crippen molar-refractivity contribution in [3.05, 3.63) is 85.1 Å². The molecule has 0 bridgehead atoms. The van der Waals surface area contributed by atoms with E-state index >= 15 is 0 Å². The number of aliphatic carboxylic acids is 1. The third kappa shape index (κ3) is 60.0. The van der Waals surface area contributed by atoms with Gasteiger partial charge in [-0.05, 0) is 89.9 Å². The molecule has 2 atom stereocenters. The second-order valence-corrected chi connectivity index (χ2v) is 22.3. The van der Waals surface area contributed by atoms with Gasteiger partial charge in [0.25, 0.3) is 0 Å². The number of unbranched alkanes of at least 4 members (excludes halogenated alkanes) is 29. The summed E-state index contributed by atoms with van der Waals surface area (Å²) >= 11 is 0. The van der Waals surface area contributed by atoms with Crippen molar-refractivity contribution in [2.45, 2.75) is 283 Å². The van der Waals surface area contributed by atoms with Gasteiger partial charge in [0.15, 0.2) is 12.4 Å². The number of nitrogens with zero attached hydrogens (tertiary/aromatic N) is 1. The Morgan fingerprint density at radius 1 is 0.403 bits per heavy atom. The lowest BCUT2D eigenvalue weighted by Gasteiger charge is -2.26. The Balaban J connectivity index is 4.20. The fraction of sp³-hybridized carbons (Fsp3) is 0.750. The van der Waals surface area contributed by atoms with Crippen LogP contribution in [0.2, 0.25) is 0 Å². The molecule has 0 spiro atoms. The van der Waals surface area contributed by atoms with Crippen molar-refractivity contribution >= 4 is 17.9 Å². The number of ether oxygens (including phenoxy) is 4. The van der Waals surface area contributed by atoms with Crippen molar-refractivity contribution in [2.75, 3.05) is 47.5 Å². The summed E-state index contributed by atoms with van der Waals surface area (Å²) in [7, 11) is 5.92. The Morgan fingerprint density at radius 3 is 1.10 bits per heavy atom. The summed E-state index contributed by atoms with van der Waals surface area (Å²) in [6.45, 7) is 4.64. The number of carbonyl (C=O) groups is 3. The van der Waals surface area contributed by atoms with Crippen molar-refractivity contribution in [3.63, 3.8) is 0 Å². The van der Waals surface area contributed by atoms with Crippen LogP contribution in [0.15, 0.2) is 85.1 Å². The average Bonchev–Trinajstić information content (AvgIpc) is 3.40. The molecule has 444 valence electrons. The van der Waals surface area contributed by atoms with E-state index in [4.69, 9.17) is 18.9 Å². The SMILES string of the molecule is CC/C=C\C/C=C\C/C=C\C/C=C\CCCCCCCCCCCCCCCCC(=O)OC(COC(=O)CCCCCCCCCCCC/C=C\C/C=C\C/C=C\CCCCCCC)COC(OCC[N+](C)(C)C)C(=O)[O-]. The number of carbonyl (C=O) groups excluding carboxylic acids is 3. The molecule has 0 amide bonds. The molecular weight excluding hydrogens is 959 g/mol. The van der Waals surface area contributed by atoms with E-state index in [1.165, 1.54) is 161 Å². The first-order valence-electron chi connectivity index (χ1n) is 31.7.